The van der Waals surface area contributed by atoms with Crippen molar-refractivity contribution >= 4 is 11.6 Å². The van der Waals surface area contributed by atoms with Gasteiger partial charge in [0, 0.05) is 13.1 Å². The van der Waals surface area contributed by atoms with Crippen LogP contribution in [0.15, 0.2) is 12.4 Å². The predicted molar refractivity (Wildman–Crippen MR) is 61.7 cm³/mol. The molecule has 0 radical (unpaired) electrons. The van der Waals surface area contributed by atoms with Crippen molar-refractivity contribution in [2.45, 2.75) is 32.1 Å². The van der Waals surface area contributed by atoms with Crippen LogP contribution in [0.4, 0.5) is 11.6 Å². The van der Waals surface area contributed by atoms with E-state index in [9.17, 15) is 0 Å². The van der Waals surface area contributed by atoms with Gasteiger partial charge in [0.25, 0.3) is 0 Å². The van der Waals surface area contributed by atoms with Gasteiger partial charge >= 0.3 is 0 Å². The van der Waals surface area contributed by atoms with Gasteiger partial charge in [0.05, 0.1) is 12.4 Å². The van der Waals surface area contributed by atoms with Gasteiger partial charge in [0.1, 0.15) is 11.6 Å². The van der Waals surface area contributed by atoms with Crippen molar-refractivity contribution < 1.29 is 0 Å². The zero-order chi connectivity index (χ0) is 10.5. The highest BCUT2D eigenvalue weighted by molar-refractivity contribution is 5.41. The third-order valence-electron chi connectivity index (χ3n) is 2.82. The molecule has 0 aliphatic carbocycles. The van der Waals surface area contributed by atoms with Crippen LogP contribution in [0.3, 0.4) is 0 Å². The fourth-order valence-electron chi connectivity index (χ4n) is 2.00. The van der Waals surface area contributed by atoms with Gasteiger partial charge in [-0.1, -0.05) is 19.3 Å². The van der Waals surface area contributed by atoms with Gasteiger partial charge in [-0.3, -0.25) is 4.98 Å². The Morgan fingerprint density at radius 2 is 1.67 bits per heavy atom. The molecule has 1 saturated heterocycles. The standard InChI is InChI=1S/C11H18N4/c12-10-8-13-9-11(14-10)15-6-4-2-1-3-5-7-15/h8-9H,1-7H2,(H2,12,14). The summed E-state index contributed by atoms with van der Waals surface area (Å²) in [5.74, 6) is 1.44. The Labute approximate surface area is 90.5 Å². The molecule has 0 atom stereocenters. The first-order valence-electron chi connectivity index (χ1n) is 5.69. The molecule has 1 fully saturated rings. The van der Waals surface area contributed by atoms with Crippen molar-refractivity contribution in [1.29, 1.82) is 0 Å². The maximum absolute atomic E-state index is 5.63. The maximum atomic E-state index is 5.63. The first-order valence-corrected chi connectivity index (χ1v) is 5.69. The number of aromatic nitrogens is 2. The fourth-order valence-corrected chi connectivity index (χ4v) is 2.00. The van der Waals surface area contributed by atoms with Crippen LogP contribution in [0.1, 0.15) is 32.1 Å². The molecule has 1 aliphatic rings. The average molecular weight is 206 g/mol. The number of rotatable bonds is 1. The summed E-state index contributed by atoms with van der Waals surface area (Å²) >= 11 is 0. The van der Waals surface area contributed by atoms with Gasteiger partial charge in [0.15, 0.2) is 0 Å². The third kappa shape index (κ3) is 2.81. The van der Waals surface area contributed by atoms with Crippen molar-refractivity contribution in [1.82, 2.24) is 9.97 Å². The lowest BCUT2D eigenvalue weighted by Gasteiger charge is -2.25. The van der Waals surface area contributed by atoms with Gasteiger partial charge in [-0.25, -0.2) is 4.98 Å². The second-order valence-electron chi connectivity index (χ2n) is 4.06. The van der Waals surface area contributed by atoms with E-state index in [0.717, 1.165) is 18.9 Å². The van der Waals surface area contributed by atoms with E-state index in [0.29, 0.717) is 5.82 Å². The summed E-state index contributed by atoms with van der Waals surface area (Å²) in [5, 5.41) is 0. The summed E-state index contributed by atoms with van der Waals surface area (Å²) in [5.41, 5.74) is 5.63. The predicted octanol–water partition coefficient (Wildman–Crippen LogP) is 1.83. The molecule has 4 heteroatoms. The van der Waals surface area contributed by atoms with Gasteiger partial charge < -0.3 is 10.6 Å². The summed E-state index contributed by atoms with van der Waals surface area (Å²) < 4.78 is 0. The van der Waals surface area contributed by atoms with Crippen LogP contribution >= 0.6 is 0 Å². The molecule has 0 aromatic carbocycles. The van der Waals surface area contributed by atoms with E-state index in [1.165, 1.54) is 32.1 Å². The topological polar surface area (TPSA) is 55.0 Å². The normalized spacial score (nSPS) is 18.3. The van der Waals surface area contributed by atoms with Crippen molar-refractivity contribution in [2.24, 2.45) is 0 Å². The second-order valence-corrected chi connectivity index (χ2v) is 4.06. The molecule has 2 N–H and O–H groups in total. The summed E-state index contributed by atoms with van der Waals surface area (Å²) in [7, 11) is 0. The molecule has 0 bridgehead atoms. The first kappa shape index (κ1) is 10.2. The molecular formula is C11H18N4. The van der Waals surface area contributed by atoms with Crippen LogP contribution < -0.4 is 10.6 Å². The van der Waals surface area contributed by atoms with E-state index in [4.69, 9.17) is 5.73 Å². The Hall–Kier alpha value is -1.32. The highest BCUT2D eigenvalue weighted by Gasteiger charge is 2.10. The zero-order valence-corrected chi connectivity index (χ0v) is 9.02. The van der Waals surface area contributed by atoms with E-state index in [2.05, 4.69) is 14.9 Å². The Morgan fingerprint density at radius 3 is 2.33 bits per heavy atom. The Morgan fingerprint density at radius 1 is 1.00 bits per heavy atom. The molecule has 4 nitrogen and oxygen atoms in total. The monoisotopic (exact) mass is 206 g/mol. The fraction of sp³-hybridized carbons (Fsp3) is 0.636. The van der Waals surface area contributed by atoms with Gasteiger partial charge in [0.2, 0.25) is 0 Å². The van der Waals surface area contributed by atoms with Crippen molar-refractivity contribution in [3.8, 4) is 0 Å². The molecule has 15 heavy (non-hydrogen) atoms. The average Bonchev–Trinajstić information content (AvgIpc) is 2.16. The lowest BCUT2D eigenvalue weighted by Crippen LogP contribution is -2.28. The largest absolute Gasteiger partial charge is 0.382 e. The van der Waals surface area contributed by atoms with Crippen LogP contribution in [0.2, 0.25) is 0 Å². The summed E-state index contributed by atoms with van der Waals surface area (Å²) in [4.78, 5) is 10.7. The smallest absolute Gasteiger partial charge is 0.149 e. The summed E-state index contributed by atoms with van der Waals surface area (Å²) in [6.07, 6.45) is 9.91. The maximum Gasteiger partial charge on any atom is 0.149 e. The van der Waals surface area contributed by atoms with Gasteiger partial charge in [-0.15, -0.1) is 0 Å². The van der Waals surface area contributed by atoms with Gasteiger partial charge in [-0.05, 0) is 12.8 Å². The Balaban J connectivity index is 2.06. The molecule has 1 aromatic rings. The highest BCUT2D eigenvalue weighted by atomic mass is 15.2. The van der Waals surface area contributed by atoms with E-state index in [1.807, 2.05) is 0 Å². The number of nitrogens with two attached hydrogens (primary N) is 1. The summed E-state index contributed by atoms with van der Waals surface area (Å²) in [6, 6.07) is 0. The van der Waals surface area contributed by atoms with Crippen molar-refractivity contribution in [2.75, 3.05) is 23.7 Å². The van der Waals surface area contributed by atoms with E-state index in [1.54, 1.807) is 12.4 Å². The summed E-state index contributed by atoms with van der Waals surface area (Å²) in [6.45, 7) is 2.16. The third-order valence-corrected chi connectivity index (χ3v) is 2.82. The molecular weight excluding hydrogens is 188 g/mol. The lowest BCUT2D eigenvalue weighted by molar-refractivity contribution is 0.553. The Bertz CT molecular complexity index is 305. The first-order chi connectivity index (χ1) is 7.36. The number of nitrogen functional groups attached to an aromatic ring is 1. The van der Waals surface area contributed by atoms with Crippen LogP contribution in [0.25, 0.3) is 0 Å². The number of hydrogen-bond acceptors (Lipinski definition) is 4. The highest BCUT2D eigenvalue weighted by Crippen LogP contribution is 2.16. The van der Waals surface area contributed by atoms with Crippen LogP contribution in [-0.4, -0.2) is 23.1 Å². The van der Waals surface area contributed by atoms with Gasteiger partial charge in [-0.2, -0.15) is 0 Å². The van der Waals surface area contributed by atoms with Crippen molar-refractivity contribution in [3.05, 3.63) is 12.4 Å². The molecule has 2 rings (SSSR count). The molecule has 0 unspecified atom stereocenters. The molecule has 1 aliphatic heterocycles. The molecule has 82 valence electrons. The van der Waals surface area contributed by atoms with Crippen LogP contribution in [-0.2, 0) is 0 Å². The Kier molecular flexibility index (Phi) is 3.37. The van der Waals surface area contributed by atoms with Crippen LogP contribution in [0, 0.1) is 0 Å². The molecule has 0 amide bonds. The van der Waals surface area contributed by atoms with E-state index in [-0.39, 0.29) is 0 Å². The van der Waals surface area contributed by atoms with E-state index < -0.39 is 0 Å². The molecule has 0 saturated carbocycles. The van der Waals surface area contributed by atoms with Crippen molar-refractivity contribution in [3.63, 3.8) is 0 Å². The minimum atomic E-state index is 0.509. The molecule has 2 heterocycles. The molecule has 0 spiro atoms. The lowest BCUT2D eigenvalue weighted by atomic mass is 10.1. The zero-order valence-electron chi connectivity index (χ0n) is 9.02. The van der Waals surface area contributed by atoms with E-state index >= 15 is 0 Å². The number of anilines is 2. The minimum absolute atomic E-state index is 0.509. The number of hydrogen-bond donors (Lipinski definition) is 1. The SMILES string of the molecule is Nc1cncc(N2CCCCCCC2)n1. The number of nitrogens with zero attached hydrogens (tertiary/aromatic N) is 3. The quantitative estimate of drug-likeness (QED) is 0.761. The minimum Gasteiger partial charge on any atom is -0.382 e. The van der Waals surface area contributed by atoms with Crippen LogP contribution in [0.5, 0.6) is 0 Å². The molecule has 1 aromatic heterocycles. The second kappa shape index (κ2) is 4.96.